The summed E-state index contributed by atoms with van der Waals surface area (Å²) >= 11 is 0. The number of rotatable bonds is 1. The van der Waals surface area contributed by atoms with Crippen LogP contribution in [0.1, 0.15) is 59.3 Å². The molecule has 0 N–H and O–H groups in total. The van der Waals surface area contributed by atoms with Crippen LogP contribution in [0.3, 0.4) is 0 Å². The smallest absolute Gasteiger partial charge is 0.303 e. The SMILES string of the molecule is CC(=O)OC1C=C[C@@]2(C)C(=CCC3C2CC[C@]2(C)C(=O)CCC32)C1. The maximum Gasteiger partial charge on any atom is 0.303 e. The number of carbonyl (C=O) groups is 2. The first-order valence-corrected chi connectivity index (χ1v) is 9.44. The molecule has 0 aromatic rings. The number of fused-ring (bicyclic) bond motifs is 5. The van der Waals surface area contributed by atoms with E-state index in [9.17, 15) is 9.59 Å². The van der Waals surface area contributed by atoms with Gasteiger partial charge in [-0.2, -0.15) is 0 Å². The highest BCUT2D eigenvalue weighted by Gasteiger charge is 2.58. The Balaban J connectivity index is 1.63. The lowest BCUT2D eigenvalue weighted by Crippen LogP contribution is -2.49. The summed E-state index contributed by atoms with van der Waals surface area (Å²) in [6.45, 7) is 6.06. The van der Waals surface area contributed by atoms with Gasteiger partial charge in [0.15, 0.2) is 0 Å². The third kappa shape index (κ3) is 2.16. The van der Waals surface area contributed by atoms with Gasteiger partial charge < -0.3 is 4.74 Å². The second kappa shape index (κ2) is 5.31. The van der Waals surface area contributed by atoms with E-state index in [1.54, 1.807) is 0 Å². The van der Waals surface area contributed by atoms with Gasteiger partial charge in [-0.3, -0.25) is 9.59 Å². The van der Waals surface area contributed by atoms with Crippen molar-refractivity contribution < 1.29 is 14.3 Å². The van der Waals surface area contributed by atoms with Gasteiger partial charge in [-0.05, 0) is 49.5 Å². The normalized spacial score (nSPS) is 46.6. The molecule has 3 nitrogen and oxygen atoms in total. The van der Waals surface area contributed by atoms with E-state index in [0.717, 1.165) is 38.5 Å². The van der Waals surface area contributed by atoms with E-state index in [0.29, 0.717) is 23.5 Å². The minimum Gasteiger partial charge on any atom is -0.458 e. The molecule has 4 unspecified atom stereocenters. The van der Waals surface area contributed by atoms with Crippen LogP contribution in [0.4, 0.5) is 0 Å². The molecule has 0 saturated heterocycles. The van der Waals surface area contributed by atoms with Crippen molar-refractivity contribution in [2.45, 2.75) is 65.4 Å². The monoisotopic (exact) mass is 328 g/mol. The highest BCUT2D eigenvalue weighted by Crippen LogP contribution is 2.62. The molecule has 2 saturated carbocycles. The summed E-state index contributed by atoms with van der Waals surface area (Å²) in [5.41, 5.74) is 1.44. The molecule has 2 fully saturated rings. The van der Waals surface area contributed by atoms with Gasteiger partial charge in [-0.15, -0.1) is 0 Å². The maximum atomic E-state index is 12.4. The fraction of sp³-hybridized carbons (Fsp3) is 0.714. The lowest BCUT2D eigenvalue weighted by atomic mass is 9.49. The molecule has 0 aliphatic heterocycles. The van der Waals surface area contributed by atoms with Gasteiger partial charge in [0.2, 0.25) is 0 Å². The Hall–Kier alpha value is -1.38. The van der Waals surface area contributed by atoms with Gasteiger partial charge >= 0.3 is 5.97 Å². The minimum atomic E-state index is -0.208. The number of allylic oxidation sites excluding steroid dienone is 2. The summed E-state index contributed by atoms with van der Waals surface area (Å²) in [7, 11) is 0. The molecule has 0 heterocycles. The summed E-state index contributed by atoms with van der Waals surface area (Å²) in [5, 5.41) is 0. The summed E-state index contributed by atoms with van der Waals surface area (Å²) in [6.07, 6.45) is 12.6. The van der Waals surface area contributed by atoms with Crippen molar-refractivity contribution in [1.82, 2.24) is 0 Å². The predicted molar refractivity (Wildman–Crippen MR) is 92.2 cm³/mol. The van der Waals surface area contributed by atoms with Crippen LogP contribution < -0.4 is 0 Å². The van der Waals surface area contributed by atoms with Crippen LogP contribution >= 0.6 is 0 Å². The number of esters is 1. The zero-order valence-electron chi connectivity index (χ0n) is 15.0. The van der Waals surface area contributed by atoms with Crippen LogP contribution in [0.15, 0.2) is 23.8 Å². The van der Waals surface area contributed by atoms with Crippen LogP contribution in [0.2, 0.25) is 0 Å². The van der Waals surface area contributed by atoms with E-state index in [1.165, 1.54) is 12.5 Å². The zero-order chi connectivity index (χ0) is 17.1. The Kier molecular flexibility index (Phi) is 3.56. The number of ketones is 1. The van der Waals surface area contributed by atoms with Crippen molar-refractivity contribution in [3.05, 3.63) is 23.8 Å². The van der Waals surface area contributed by atoms with Gasteiger partial charge in [0.25, 0.3) is 0 Å². The minimum absolute atomic E-state index is 0.0679. The highest BCUT2D eigenvalue weighted by atomic mass is 16.5. The molecule has 0 bridgehead atoms. The first-order valence-electron chi connectivity index (χ1n) is 9.44. The van der Waals surface area contributed by atoms with Gasteiger partial charge in [0.05, 0.1) is 0 Å². The first kappa shape index (κ1) is 16.1. The standard InChI is InChI=1S/C21H28O3/c1-13(22)24-15-8-10-20(2)14(12-15)4-5-16-17-6-7-19(23)21(17,3)11-9-18(16)20/h4,8,10,15-18H,5-7,9,11-12H2,1-3H3/t15?,16?,17?,18?,20-,21-/m0/s1. The molecule has 0 amide bonds. The number of hydrogen-bond acceptors (Lipinski definition) is 3. The molecule has 0 spiro atoms. The van der Waals surface area contributed by atoms with Crippen molar-refractivity contribution in [3.8, 4) is 0 Å². The van der Waals surface area contributed by atoms with E-state index < -0.39 is 0 Å². The molecule has 4 rings (SSSR count). The molecule has 24 heavy (non-hydrogen) atoms. The number of Topliss-reactive ketones (excluding diaryl/α,β-unsaturated/α-hetero) is 1. The van der Waals surface area contributed by atoms with Crippen LogP contribution in [-0.2, 0) is 14.3 Å². The zero-order valence-corrected chi connectivity index (χ0v) is 15.0. The van der Waals surface area contributed by atoms with Crippen molar-refractivity contribution in [1.29, 1.82) is 0 Å². The van der Waals surface area contributed by atoms with Crippen LogP contribution in [0, 0.1) is 28.6 Å². The van der Waals surface area contributed by atoms with Crippen LogP contribution in [0.25, 0.3) is 0 Å². The molecule has 6 atom stereocenters. The second-order valence-electron chi connectivity index (χ2n) is 8.75. The van der Waals surface area contributed by atoms with Gasteiger partial charge in [0, 0.05) is 30.6 Å². The lowest BCUT2D eigenvalue weighted by molar-refractivity contribution is -0.144. The molecule has 4 aliphatic carbocycles. The van der Waals surface area contributed by atoms with E-state index >= 15 is 0 Å². The lowest BCUT2D eigenvalue weighted by Gasteiger charge is -2.55. The Bertz CT molecular complexity index is 645. The summed E-state index contributed by atoms with van der Waals surface area (Å²) < 4.78 is 5.41. The summed E-state index contributed by atoms with van der Waals surface area (Å²) in [5.74, 6) is 2.09. The van der Waals surface area contributed by atoms with Gasteiger partial charge in [0.1, 0.15) is 11.9 Å². The van der Waals surface area contributed by atoms with Crippen LogP contribution in [0.5, 0.6) is 0 Å². The van der Waals surface area contributed by atoms with E-state index in [4.69, 9.17) is 4.74 Å². The Morgan fingerprint density at radius 3 is 2.79 bits per heavy atom. The van der Waals surface area contributed by atoms with Crippen LogP contribution in [-0.4, -0.2) is 17.9 Å². The number of ether oxygens (including phenoxy) is 1. The van der Waals surface area contributed by atoms with Gasteiger partial charge in [-0.1, -0.05) is 31.6 Å². The van der Waals surface area contributed by atoms with E-state index in [2.05, 4.69) is 32.1 Å². The molecule has 0 radical (unpaired) electrons. The molecule has 0 aromatic carbocycles. The molecular weight excluding hydrogens is 300 g/mol. The third-order valence-electron chi connectivity index (χ3n) is 7.64. The molecule has 4 aliphatic rings. The van der Waals surface area contributed by atoms with E-state index in [1.807, 2.05) is 0 Å². The fourth-order valence-electron chi connectivity index (χ4n) is 6.29. The topological polar surface area (TPSA) is 43.4 Å². The Morgan fingerprint density at radius 1 is 1.25 bits per heavy atom. The largest absolute Gasteiger partial charge is 0.458 e. The summed E-state index contributed by atoms with van der Waals surface area (Å²) in [6, 6.07) is 0. The van der Waals surface area contributed by atoms with Crippen molar-refractivity contribution >= 4 is 11.8 Å². The van der Waals surface area contributed by atoms with E-state index in [-0.39, 0.29) is 22.9 Å². The predicted octanol–water partition coefficient (Wildman–Crippen LogP) is 4.23. The van der Waals surface area contributed by atoms with Gasteiger partial charge in [-0.25, -0.2) is 0 Å². The third-order valence-corrected chi connectivity index (χ3v) is 7.64. The Morgan fingerprint density at radius 2 is 2.04 bits per heavy atom. The summed E-state index contributed by atoms with van der Waals surface area (Å²) in [4.78, 5) is 23.7. The highest BCUT2D eigenvalue weighted by molar-refractivity contribution is 5.87. The first-order chi connectivity index (χ1) is 11.3. The van der Waals surface area contributed by atoms with Crippen molar-refractivity contribution in [2.75, 3.05) is 0 Å². The molecular formula is C21H28O3. The second-order valence-corrected chi connectivity index (χ2v) is 8.75. The quantitative estimate of drug-likeness (QED) is 0.534. The number of carbonyl (C=O) groups excluding carboxylic acids is 2. The van der Waals surface area contributed by atoms with Crippen molar-refractivity contribution in [3.63, 3.8) is 0 Å². The molecule has 3 heteroatoms. The van der Waals surface area contributed by atoms with Crippen molar-refractivity contribution in [2.24, 2.45) is 28.6 Å². The molecule has 130 valence electrons. The fourth-order valence-corrected chi connectivity index (χ4v) is 6.29. The number of hydrogen-bond donors (Lipinski definition) is 0. The Labute approximate surface area is 144 Å². The average Bonchev–Trinajstić information content (AvgIpc) is 2.83. The molecule has 0 aromatic heterocycles. The maximum absolute atomic E-state index is 12.4. The average molecular weight is 328 g/mol.